The summed E-state index contributed by atoms with van der Waals surface area (Å²) in [7, 11) is 0. The van der Waals surface area contributed by atoms with Gasteiger partial charge in [0.15, 0.2) is 6.20 Å². The van der Waals surface area contributed by atoms with Crippen molar-refractivity contribution in [3.8, 4) is 5.75 Å². The summed E-state index contributed by atoms with van der Waals surface area (Å²) in [4.78, 5) is 14.0. The van der Waals surface area contributed by atoms with Crippen molar-refractivity contribution in [3.05, 3.63) is 62.5 Å². The Hall–Kier alpha value is -2.02. The number of nitrogens with zero attached hydrogens (tertiary/aromatic N) is 2. The van der Waals surface area contributed by atoms with Crippen molar-refractivity contribution >= 4 is 21.7 Å². The van der Waals surface area contributed by atoms with Gasteiger partial charge in [-0.1, -0.05) is 12.1 Å². The summed E-state index contributed by atoms with van der Waals surface area (Å²) in [5.41, 5.74) is 0.583. The molecule has 0 saturated carbocycles. The molecule has 0 aliphatic rings. The van der Waals surface area contributed by atoms with E-state index in [9.17, 15) is 14.5 Å². The van der Waals surface area contributed by atoms with Crippen molar-refractivity contribution in [1.82, 2.24) is 4.98 Å². The average molecular weight is 341 g/mol. The van der Waals surface area contributed by atoms with Crippen LogP contribution in [0.2, 0.25) is 0 Å². The van der Waals surface area contributed by atoms with Crippen molar-refractivity contribution in [1.29, 1.82) is 0 Å². The number of benzene rings is 1. The van der Waals surface area contributed by atoms with E-state index in [0.29, 0.717) is 10.0 Å². The Kier molecular flexibility index (Phi) is 4.29. The smallest absolute Gasteiger partial charge is 0.406 e. The molecule has 20 heavy (non-hydrogen) atoms. The second-order valence-corrected chi connectivity index (χ2v) is 4.96. The first kappa shape index (κ1) is 14.4. The third-order valence-electron chi connectivity index (χ3n) is 2.59. The molecule has 1 heterocycles. The van der Waals surface area contributed by atoms with Gasteiger partial charge in [0.1, 0.15) is 11.9 Å². The number of hydrogen-bond acceptors (Lipinski definition) is 4. The molecule has 1 aromatic carbocycles. The van der Waals surface area contributed by atoms with Gasteiger partial charge in [0.25, 0.3) is 0 Å². The molecule has 0 bridgehead atoms. The largest absolute Gasteiger partial charge is 0.478 e. The molecule has 1 atom stereocenters. The van der Waals surface area contributed by atoms with Gasteiger partial charge in [0.05, 0.1) is 4.47 Å². The van der Waals surface area contributed by atoms with Crippen LogP contribution in [-0.4, -0.2) is 9.91 Å². The molecule has 0 aliphatic carbocycles. The number of aromatic nitrogens is 1. The topological polar surface area (TPSA) is 65.3 Å². The van der Waals surface area contributed by atoms with E-state index >= 15 is 0 Å². The minimum atomic E-state index is -0.625. The highest BCUT2D eigenvalue weighted by Crippen LogP contribution is 2.31. The lowest BCUT2D eigenvalue weighted by molar-refractivity contribution is -0.390. The maximum absolute atomic E-state index is 13.2. The molecular weight excluding hydrogens is 331 g/mol. The van der Waals surface area contributed by atoms with Gasteiger partial charge in [0, 0.05) is 6.07 Å². The van der Waals surface area contributed by atoms with Crippen molar-refractivity contribution in [2.75, 3.05) is 0 Å². The van der Waals surface area contributed by atoms with Crippen LogP contribution in [0.15, 0.2) is 41.0 Å². The van der Waals surface area contributed by atoms with Crippen LogP contribution in [0.5, 0.6) is 5.75 Å². The van der Waals surface area contributed by atoms with E-state index in [1.165, 1.54) is 24.4 Å². The molecule has 5 nitrogen and oxygen atoms in total. The van der Waals surface area contributed by atoms with Gasteiger partial charge in [0.2, 0.25) is 5.75 Å². The van der Waals surface area contributed by atoms with Crippen LogP contribution >= 0.6 is 15.9 Å². The quantitative estimate of drug-likeness (QED) is 0.622. The fourth-order valence-corrected chi connectivity index (χ4v) is 1.97. The Morgan fingerprint density at radius 3 is 2.85 bits per heavy atom. The average Bonchev–Trinajstić information content (AvgIpc) is 2.38. The van der Waals surface area contributed by atoms with Crippen molar-refractivity contribution in [2.45, 2.75) is 13.0 Å². The van der Waals surface area contributed by atoms with E-state index in [1.807, 2.05) is 0 Å². The summed E-state index contributed by atoms with van der Waals surface area (Å²) in [5, 5.41) is 10.9. The molecule has 2 aromatic rings. The van der Waals surface area contributed by atoms with Crippen LogP contribution in [0.3, 0.4) is 0 Å². The molecule has 0 aliphatic heterocycles. The van der Waals surface area contributed by atoms with Crippen molar-refractivity contribution in [2.24, 2.45) is 0 Å². The summed E-state index contributed by atoms with van der Waals surface area (Å²) in [6.07, 6.45) is 0.776. The Balaban J connectivity index is 2.29. The number of pyridine rings is 1. The van der Waals surface area contributed by atoms with Crippen molar-refractivity contribution < 1.29 is 14.1 Å². The maximum atomic E-state index is 13.2. The van der Waals surface area contributed by atoms with E-state index in [4.69, 9.17) is 4.74 Å². The number of ether oxygens (including phenoxy) is 1. The van der Waals surface area contributed by atoms with Gasteiger partial charge >= 0.3 is 5.82 Å². The molecule has 0 amide bonds. The van der Waals surface area contributed by atoms with Gasteiger partial charge in [-0.2, -0.15) is 0 Å². The number of hydrogen-bond donors (Lipinski definition) is 0. The zero-order valence-electron chi connectivity index (χ0n) is 10.4. The zero-order valence-corrected chi connectivity index (χ0v) is 12.0. The monoisotopic (exact) mass is 340 g/mol. The molecule has 0 saturated heterocycles. The van der Waals surface area contributed by atoms with E-state index in [-0.39, 0.29) is 17.4 Å². The number of rotatable bonds is 4. The fourth-order valence-electron chi connectivity index (χ4n) is 1.66. The molecular formula is C13H10BrFN2O3. The van der Waals surface area contributed by atoms with Crippen LogP contribution in [0.4, 0.5) is 10.2 Å². The van der Waals surface area contributed by atoms with E-state index in [1.54, 1.807) is 19.1 Å². The normalized spacial score (nSPS) is 11.9. The van der Waals surface area contributed by atoms with Crippen LogP contribution in [0.1, 0.15) is 18.6 Å². The SMILES string of the molecule is CC(Oc1cc(Br)cnc1[N+](=O)[O-])c1cccc(F)c1. The molecule has 7 heteroatoms. The lowest BCUT2D eigenvalue weighted by Crippen LogP contribution is -2.06. The van der Waals surface area contributed by atoms with Crippen LogP contribution in [0, 0.1) is 15.9 Å². The molecule has 1 aromatic heterocycles. The Bertz CT molecular complexity index is 651. The van der Waals surface area contributed by atoms with Gasteiger partial charge in [-0.25, -0.2) is 4.39 Å². The van der Waals surface area contributed by atoms with Crippen LogP contribution in [0.25, 0.3) is 0 Å². The molecule has 2 rings (SSSR count). The molecule has 104 valence electrons. The lowest BCUT2D eigenvalue weighted by atomic mass is 10.1. The second kappa shape index (κ2) is 5.96. The Labute approximate surface area is 122 Å². The number of nitro groups is 1. The van der Waals surface area contributed by atoms with Gasteiger partial charge < -0.3 is 14.9 Å². The summed E-state index contributed by atoms with van der Waals surface area (Å²) >= 11 is 3.18. The van der Waals surface area contributed by atoms with Crippen LogP contribution < -0.4 is 4.74 Å². The highest BCUT2D eigenvalue weighted by molar-refractivity contribution is 9.10. The Morgan fingerprint density at radius 1 is 1.45 bits per heavy atom. The van der Waals surface area contributed by atoms with E-state index in [2.05, 4.69) is 20.9 Å². The molecule has 0 radical (unpaired) electrons. The third kappa shape index (κ3) is 3.30. The number of halogens is 2. The summed E-state index contributed by atoms with van der Waals surface area (Å²) in [6.45, 7) is 1.68. The predicted octanol–water partition coefficient (Wildman–Crippen LogP) is 4.03. The lowest BCUT2D eigenvalue weighted by Gasteiger charge is -2.14. The Morgan fingerprint density at radius 2 is 2.20 bits per heavy atom. The zero-order chi connectivity index (χ0) is 14.7. The standard InChI is InChI=1S/C13H10BrFN2O3/c1-8(9-3-2-4-11(15)5-9)20-12-6-10(14)7-16-13(12)17(18)19/h2-8H,1H3. The van der Waals surface area contributed by atoms with E-state index < -0.39 is 11.0 Å². The molecule has 0 fully saturated rings. The van der Waals surface area contributed by atoms with Gasteiger partial charge in [-0.15, -0.1) is 0 Å². The summed E-state index contributed by atoms with van der Waals surface area (Å²) in [5.74, 6) is -0.739. The first-order valence-electron chi connectivity index (χ1n) is 5.69. The first-order valence-corrected chi connectivity index (χ1v) is 6.48. The highest BCUT2D eigenvalue weighted by Gasteiger charge is 2.20. The first-order chi connectivity index (χ1) is 9.47. The fraction of sp³-hybridized carbons (Fsp3) is 0.154. The predicted molar refractivity (Wildman–Crippen MR) is 74.0 cm³/mol. The molecule has 0 N–H and O–H groups in total. The third-order valence-corrected chi connectivity index (χ3v) is 3.03. The van der Waals surface area contributed by atoms with Crippen LogP contribution in [-0.2, 0) is 0 Å². The van der Waals surface area contributed by atoms with Gasteiger partial charge in [-0.05, 0) is 50.5 Å². The minimum absolute atomic E-state index is 0.0288. The summed E-state index contributed by atoms with van der Waals surface area (Å²) < 4.78 is 19.2. The maximum Gasteiger partial charge on any atom is 0.406 e. The second-order valence-electron chi connectivity index (χ2n) is 4.05. The van der Waals surface area contributed by atoms with Gasteiger partial charge in [-0.3, -0.25) is 0 Å². The van der Waals surface area contributed by atoms with Crippen molar-refractivity contribution in [3.63, 3.8) is 0 Å². The summed E-state index contributed by atoms with van der Waals surface area (Å²) in [6, 6.07) is 7.34. The molecule has 0 spiro atoms. The van der Waals surface area contributed by atoms with E-state index in [0.717, 1.165) is 0 Å². The minimum Gasteiger partial charge on any atom is -0.478 e. The highest BCUT2D eigenvalue weighted by atomic mass is 79.9. The molecule has 1 unspecified atom stereocenters.